The molecule has 1 saturated heterocycles. The van der Waals surface area contributed by atoms with Gasteiger partial charge in [-0.05, 0) is 44.8 Å². The zero-order valence-electron chi connectivity index (χ0n) is 17.2. The Morgan fingerprint density at radius 1 is 1.17 bits per heavy atom. The summed E-state index contributed by atoms with van der Waals surface area (Å²) in [4.78, 5) is 24.8. The van der Waals surface area contributed by atoms with Gasteiger partial charge in [0.05, 0.1) is 16.8 Å². The predicted octanol–water partition coefficient (Wildman–Crippen LogP) is 3.00. The summed E-state index contributed by atoms with van der Waals surface area (Å²) in [7, 11) is -0.853. The number of hydrogen-bond donors (Lipinski definition) is 1. The van der Waals surface area contributed by atoms with E-state index in [1.807, 2.05) is 27.7 Å². The lowest BCUT2D eigenvalue weighted by atomic mass is 9.71. The van der Waals surface area contributed by atoms with E-state index in [0.29, 0.717) is 15.9 Å². The summed E-state index contributed by atoms with van der Waals surface area (Å²) in [6, 6.07) is 2.90. The Morgan fingerprint density at radius 2 is 1.72 bits per heavy atom. The molecule has 29 heavy (non-hydrogen) atoms. The number of carbonyl (C=O) groups excluding carboxylic acids is 1. The van der Waals surface area contributed by atoms with E-state index in [1.165, 1.54) is 6.07 Å². The van der Waals surface area contributed by atoms with Crippen molar-refractivity contribution in [1.29, 1.82) is 0 Å². The Balaban J connectivity index is 2.17. The minimum Gasteiger partial charge on any atom is -0.465 e. The maximum Gasteiger partial charge on any atom is 0.494 e. The van der Waals surface area contributed by atoms with Gasteiger partial charge in [0.1, 0.15) is 5.75 Å². The topological polar surface area (TPSA) is 85.3 Å². The number of carboxylic acid groups (broad SMARTS) is 1. The van der Waals surface area contributed by atoms with Crippen LogP contribution in [0.15, 0.2) is 12.1 Å². The molecule has 7 nitrogen and oxygen atoms in total. The second-order valence-electron chi connectivity index (χ2n) is 8.97. The average Bonchev–Trinajstić information content (AvgIpc) is 2.77. The maximum atomic E-state index is 13.1. The lowest BCUT2D eigenvalue weighted by Crippen LogP contribution is -2.50. The summed E-state index contributed by atoms with van der Waals surface area (Å²) in [5, 5.41) is 9.36. The molecular weight excluding hydrogens is 387 g/mol. The zero-order valence-corrected chi connectivity index (χ0v) is 17.2. The number of benzene rings is 1. The van der Waals surface area contributed by atoms with E-state index < -0.39 is 48.1 Å². The van der Waals surface area contributed by atoms with E-state index in [2.05, 4.69) is 4.74 Å². The van der Waals surface area contributed by atoms with E-state index in [0.717, 1.165) is 0 Å². The minimum atomic E-state index is -3.19. The number of carbonyl (C=O) groups is 2. The molecule has 2 aliphatic heterocycles. The van der Waals surface area contributed by atoms with Gasteiger partial charge in [0, 0.05) is 12.0 Å². The second kappa shape index (κ2) is 6.67. The molecule has 1 N–H and O–H groups in total. The summed E-state index contributed by atoms with van der Waals surface area (Å²) >= 11 is 0. The van der Waals surface area contributed by atoms with Gasteiger partial charge in [0.2, 0.25) is 0 Å². The molecule has 2 heterocycles. The van der Waals surface area contributed by atoms with Crippen LogP contribution >= 0.6 is 0 Å². The highest BCUT2D eigenvalue weighted by Gasteiger charge is 2.52. The standard InChI is InChI=1S/C19H24BF2NO6/c1-17(2)9-23(16(25)26)14(24)13-11(17)7-10(8-12(13)27-15(21)22)20-28-18(3,4)19(5,6)29-20/h7-8,15H,9H2,1-6H3,(H,25,26). The van der Waals surface area contributed by atoms with Crippen LogP contribution in [0.2, 0.25) is 0 Å². The molecule has 0 unspecified atom stereocenters. The fourth-order valence-corrected chi connectivity index (χ4v) is 3.54. The molecule has 2 aliphatic rings. The van der Waals surface area contributed by atoms with Crippen molar-refractivity contribution in [2.24, 2.45) is 0 Å². The summed E-state index contributed by atoms with van der Waals surface area (Å²) in [6.45, 7) is 7.60. The Morgan fingerprint density at radius 3 is 2.21 bits per heavy atom. The van der Waals surface area contributed by atoms with Crippen molar-refractivity contribution in [2.75, 3.05) is 6.54 Å². The third-order valence-corrected chi connectivity index (χ3v) is 5.84. The first-order chi connectivity index (χ1) is 13.2. The number of halogens is 2. The third-order valence-electron chi connectivity index (χ3n) is 5.84. The molecule has 0 aromatic heterocycles. The van der Waals surface area contributed by atoms with Gasteiger partial charge in [-0.3, -0.25) is 4.79 Å². The van der Waals surface area contributed by atoms with E-state index >= 15 is 0 Å². The molecule has 3 rings (SSSR count). The van der Waals surface area contributed by atoms with Crippen molar-refractivity contribution in [3.63, 3.8) is 0 Å². The largest absolute Gasteiger partial charge is 0.494 e. The minimum absolute atomic E-state index is 0.116. The van der Waals surface area contributed by atoms with Gasteiger partial charge in [-0.15, -0.1) is 0 Å². The summed E-state index contributed by atoms with van der Waals surface area (Å²) in [5.41, 5.74) is -1.50. The number of nitrogens with zero attached hydrogens (tertiary/aromatic N) is 1. The number of fused-ring (bicyclic) bond motifs is 1. The number of hydrogen-bond acceptors (Lipinski definition) is 5. The van der Waals surface area contributed by atoms with Crippen LogP contribution in [0.5, 0.6) is 5.75 Å². The van der Waals surface area contributed by atoms with Crippen LogP contribution in [0.1, 0.15) is 57.5 Å². The van der Waals surface area contributed by atoms with Gasteiger partial charge in [0.25, 0.3) is 5.91 Å². The van der Waals surface area contributed by atoms with Crippen LogP contribution in [-0.4, -0.2) is 53.5 Å². The van der Waals surface area contributed by atoms with E-state index in [9.17, 15) is 23.5 Å². The van der Waals surface area contributed by atoms with Gasteiger partial charge < -0.3 is 19.2 Å². The number of rotatable bonds is 3. The Hall–Kier alpha value is -2.20. The van der Waals surface area contributed by atoms with Crippen molar-refractivity contribution in [1.82, 2.24) is 4.90 Å². The molecule has 0 saturated carbocycles. The molecule has 0 radical (unpaired) electrons. The Bertz CT molecular complexity index is 855. The van der Waals surface area contributed by atoms with Crippen molar-refractivity contribution < 1.29 is 37.5 Å². The van der Waals surface area contributed by atoms with Gasteiger partial charge in [-0.2, -0.15) is 8.78 Å². The lowest BCUT2D eigenvalue weighted by Gasteiger charge is -2.38. The molecular formula is C19H24BF2NO6. The molecule has 0 bridgehead atoms. The first-order valence-electron chi connectivity index (χ1n) is 9.20. The van der Waals surface area contributed by atoms with Crippen LogP contribution in [0, 0.1) is 0 Å². The highest BCUT2D eigenvalue weighted by Crippen LogP contribution is 2.40. The molecule has 0 atom stereocenters. The molecule has 1 aromatic rings. The lowest BCUT2D eigenvalue weighted by molar-refractivity contribution is -0.0504. The van der Waals surface area contributed by atoms with Crippen molar-refractivity contribution in [3.8, 4) is 5.75 Å². The maximum absolute atomic E-state index is 13.1. The Kier molecular flexibility index (Phi) is 4.94. The Labute approximate surface area is 168 Å². The molecule has 158 valence electrons. The first kappa shape index (κ1) is 21.5. The number of alkyl halides is 2. The molecule has 1 fully saturated rings. The number of amides is 2. The highest BCUT2D eigenvalue weighted by atomic mass is 19.3. The van der Waals surface area contributed by atoms with E-state index in [4.69, 9.17) is 9.31 Å². The summed E-state index contributed by atoms with van der Waals surface area (Å²) in [5.74, 6) is -1.30. The van der Waals surface area contributed by atoms with E-state index in [1.54, 1.807) is 19.9 Å². The van der Waals surface area contributed by atoms with Crippen molar-refractivity contribution in [3.05, 3.63) is 23.3 Å². The number of imide groups is 1. The molecule has 10 heteroatoms. The summed E-state index contributed by atoms with van der Waals surface area (Å²) in [6.07, 6.45) is -1.45. The number of ether oxygens (including phenoxy) is 1. The fourth-order valence-electron chi connectivity index (χ4n) is 3.54. The quantitative estimate of drug-likeness (QED) is 0.770. The smallest absolute Gasteiger partial charge is 0.465 e. The van der Waals surface area contributed by atoms with Crippen LogP contribution in [-0.2, 0) is 14.7 Å². The highest BCUT2D eigenvalue weighted by molar-refractivity contribution is 6.62. The molecule has 0 aliphatic carbocycles. The molecule has 0 spiro atoms. The first-order valence-corrected chi connectivity index (χ1v) is 9.20. The van der Waals surface area contributed by atoms with Gasteiger partial charge in [-0.25, -0.2) is 9.69 Å². The predicted molar refractivity (Wildman–Crippen MR) is 101 cm³/mol. The summed E-state index contributed by atoms with van der Waals surface area (Å²) < 4.78 is 42.8. The third kappa shape index (κ3) is 3.59. The van der Waals surface area contributed by atoms with Gasteiger partial charge >= 0.3 is 19.8 Å². The molecule has 1 aromatic carbocycles. The van der Waals surface area contributed by atoms with Crippen LogP contribution in [0.25, 0.3) is 0 Å². The van der Waals surface area contributed by atoms with Crippen molar-refractivity contribution in [2.45, 2.75) is 64.8 Å². The normalized spacial score (nSPS) is 22.0. The van der Waals surface area contributed by atoms with Gasteiger partial charge in [0.15, 0.2) is 0 Å². The average molecular weight is 411 g/mol. The van der Waals surface area contributed by atoms with Crippen LogP contribution in [0.3, 0.4) is 0 Å². The van der Waals surface area contributed by atoms with Crippen LogP contribution < -0.4 is 10.2 Å². The monoisotopic (exact) mass is 411 g/mol. The zero-order chi connectivity index (χ0) is 21.9. The fraction of sp³-hybridized carbons (Fsp3) is 0.579. The molecule has 2 amide bonds. The van der Waals surface area contributed by atoms with E-state index in [-0.39, 0.29) is 12.1 Å². The second-order valence-corrected chi connectivity index (χ2v) is 8.97. The van der Waals surface area contributed by atoms with Crippen molar-refractivity contribution >= 4 is 24.6 Å². The van der Waals surface area contributed by atoms with Crippen LogP contribution in [0.4, 0.5) is 13.6 Å². The SMILES string of the molecule is CC1(C)CN(C(=O)O)C(=O)c2c(OC(F)F)cc(B3OC(C)(C)C(C)(C)O3)cc21. The van der Waals surface area contributed by atoms with Gasteiger partial charge in [-0.1, -0.05) is 19.9 Å².